The number of nitrogens with zero attached hydrogens (tertiary/aromatic N) is 1. The highest BCUT2D eigenvalue weighted by Crippen LogP contribution is 2.44. The largest absolute Gasteiger partial charge is 0.422 e. The van der Waals surface area contributed by atoms with Gasteiger partial charge in [0.15, 0.2) is 0 Å². The van der Waals surface area contributed by atoms with E-state index in [4.69, 9.17) is 4.42 Å². The summed E-state index contributed by atoms with van der Waals surface area (Å²) in [6.45, 7) is 0. The fourth-order valence-corrected chi connectivity index (χ4v) is 7.33. The van der Waals surface area contributed by atoms with E-state index in [2.05, 4.69) is 126 Å². The first-order chi connectivity index (χ1) is 21.2. The number of aryl methyl sites for hydroxylation is 1. The maximum atomic E-state index is 13.6. The van der Waals surface area contributed by atoms with Gasteiger partial charge in [0.2, 0.25) is 0 Å². The van der Waals surface area contributed by atoms with Crippen molar-refractivity contribution in [2.45, 2.75) is 18.8 Å². The minimum atomic E-state index is -0.288. The summed E-state index contributed by atoms with van der Waals surface area (Å²) in [6.07, 6.45) is 1.87. The van der Waals surface area contributed by atoms with Crippen LogP contribution in [0.5, 0.6) is 0 Å². The lowest BCUT2D eigenvalue weighted by Gasteiger charge is -2.18. The third-order valence-electron chi connectivity index (χ3n) is 9.28. The van der Waals surface area contributed by atoms with Gasteiger partial charge in [0.25, 0.3) is 0 Å². The Hall–Kier alpha value is -5.41. The van der Waals surface area contributed by atoms with Crippen molar-refractivity contribution in [3.63, 3.8) is 0 Å². The van der Waals surface area contributed by atoms with Crippen LogP contribution in [0.1, 0.15) is 29.0 Å². The number of para-hydroxylation sites is 2. The molecule has 0 saturated heterocycles. The van der Waals surface area contributed by atoms with E-state index in [1.165, 1.54) is 33.2 Å². The van der Waals surface area contributed by atoms with Crippen LogP contribution in [-0.2, 0) is 6.42 Å². The summed E-state index contributed by atoms with van der Waals surface area (Å²) >= 11 is 0. The summed E-state index contributed by atoms with van der Waals surface area (Å²) in [6, 6.07) is 47.0. The van der Waals surface area contributed by atoms with Gasteiger partial charge >= 0.3 is 5.63 Å². The Morgan fingerprint density at radius 1 is 0.581 bits per heavy atom. The number of aromatic nitrogens is 1. The molecule has 0 radical (unpaired) electrons. The van der Waals surface area contributed by atoms with Gasteiger partial charge in [-0.3, -0.25) is 0 Å². The average molecular weight is 554 g/mol. The molecule has 6 aromatic carbocycles. The third-order valence-corrected chi connectivity index (χ3v) is 9.28. The Balaban J connectivity index is 1.34. The summed E-state index contributed by atoms with van der Waals surface area (Å²) in [4.78, 5) is 13.6. The van der Waals surface area contributed by atoms with Gasteiger partial charge in [-0.2, -0.15) is 0 Å². The van der Waals surface area contributed by atoms with Crippen LogP contribution < -0.4 is 5.63 Å². The highest BCUT2D eigenvalue weighted by molar-refractivity contribution is 6.17. The Bertz CT molecular complexity index is 2420. The first kappa shape index (κ1) is 24.2. The van der Waals surface area contributed by atoms with Crippen LogP contribution in [0.2, 0.25) is 0 Å². The Morgan fingerprint density at radius 3 is 2.19 bits per heavy atom. The first-order valence-corrected chi connectivity index (χ1v) is 14.9. The number of hydrogen-bond acceptors (Lipinski definition) is 2. The Labute approximate surface area is 248 Å². The molecule has 2 aromatic heterocycles. The SMILES string of the molecule is O=c1oc2cc3c(cc2c2cc4c(cc12)CCC(c1ccccc1)c1ccccc1-4)c1ccccc1n3-c1ccccc1. The van der Waals surface area contributed by atoms with Crippen LogP contribution in [0.3, 0.4) is 0 Å². The van der Waals surface area contributed by atoms with Crippen molar-refractivity contribution in [1.29, 1.82) is 0 Å². The summed E-state index contributed by atoms with van der Waals surface area (Å²) in [5.41, 5.74) is 9.86. The molecule has 0 N–H and O–H groups in total. The molecule has 3 heteroatoms. The molecule has 2 heterocycles. The molecule has 1 aliphatic carbocycles. The van der Waals surface area contributed by atoms with Gasteiger partial charge in [-0.05, 0) is 77.1 Å². The molecular weight excluding hydrogens is 526 g/mol. The molecular formula is C40H27NO2. The number of hydrogen-bond donors (Lipinski definition) is 0. The van der Waals surface area contributed by atoms with E-state index in [-0.39, 0.29) is 5.63 Å². The minimum Gasteiger partial charge on any atom is -0.422 e. The standard InChI is InChI=1S/C40H27NO2/c42-40-36-21-26-19-20-28(25-11-3-1-4-12-25)29-15-7-8-16-30(29)32(26)22-33(36)35-23-34-31-17-9-10-18-37(31)41(27-13-5-2-6-14-27)38(34)24-39(35)43-40/h1-18,21-24,28H,19-20H2. The van der Waals surface area contributed by atoms with Crippen LogP contribution in [0.4, 0.5) is 0 Å². The van der Waals surface area contributed by atoms with Crippen LogP contribution >= 0.6 is 0 Å². The monoisotopic (exact) mass is 553 g/mol. The molecule has 0 saturated carbocycles. The predicted octanol–water partition coefficient (Wildman–Crippen LogP) is 9.79. The lowest BCUT2D eigenvalue weighted by Crippen LogP contribution is -2.02. The van der Waals surface area contributed by atoms with Gasteiger partial charge in [-0.15, -0.1) is 0 Å². The van der Waals surface area contributed by atoms with Gasteiger partial charge in [0.05, 0.1) is 16.4 Å². The topological polar surface area (TPSA) is 35.1 Å². The maximum Gasteiger partial charge on any atom is 0.344 e. The predicted molar refractivity (Wildman–Crippen MR) is 176 cm³/mol. The Kier molecular flexibility index (Phi) is 5.24. The third kappa shape index (κ3) is 3.65. The molecule has 9 rings (SSSR count). The van der Waals surface area contributed by atoms with Crippen molar-refractivity contribution in [2.75, 3.05) is 0 Å². The van der Waals surface area contributed by atoms with Crippen molar-refractivity contribution >= 4 is 43.5 Å². The molecule has 3 nitrogen and oxygen atoms in total. The first-order valence-electron chi connectivity index (χ1n) is 14.9. The van der Waals surface area contributed by atoms with Gasteiger partial charge < -0.3 is 8.98 Å². The van der Waals surface area contributed by atoms with E-state index in [0.29, 0.717) is 16.9 Å². The number of rotatable bonds is 2. The molecule has 1 unspecified atom stereocenters. The van der Waals surface area contributed by atoms with Crippen molar-refractivity contribution in [3.8, 4) is 16.8 Å². The molecule has 204 valence electrons. The van der Waals surface area contributed by atoms with Gasteiger partial charge in [-0.25, -0.2) is 4.79 Å². The fourth-order valence-electron chi connectivity index (χ4n) is 7.33. The molecule has 1 atom stereocenters. The second-order valence-corrected chi connectivity index (χ2v) is 11.6. The maximum absolute atomic E-state index is 13.6. The van der Waals surface area contributed by atoms with Crippen molar-refractivity contribution in [1.82, 2.24) is 4.57 Å². The molecule has 0 spiro atoms. The van der Waals surface area contributed by atoms with E-state index >= 15 is 0 Å². The zero-order valence-electron chi connectivity index (χ0n) is 23.5. The van der Waals surface area contributed by atoms with Crippen LogP contribution in [0, 0.1) is 0 Å². The number of benzene rings is 6. The smallest absolute Gasteiger partial charge is 0.344 e. The second-order valence-electron chi connectivity index (χ2n) is 11.6. The molecule has 0 aliphatic heterocycles. The van der Waals surface area contributed by atoms with Crippen molar-refractivity contribution in [3.05, 3.63) is 161 Å². The molecule has 43 heavy (non-hydrogen) atoms. The molecule has 1 aliphatic rings. The van der Waals surface area contributed by atoms with Gasteiger partial charge in [0.1, 0.15) is 5.58 Å². The lowest BCUT2D eigenvalue weighted by atomic mass is 9.86. The van der Waals surface area contributed by atoms with E-state index in [1.54, 1.807) is 0 Å². The Morgan fingerprint density at radius 2 is 1.33 bits per heavy atom. The van der Waals surface area contributed by atoms with Crippen LogP contribution in [-0.4, -0.2) is 4.57 Å². The minimum absolute atomic E-state index is 0.288. The summed E-state index contributed by atoms with van der Waals surface area (Å²) < 4.78 is 8.34. The zero-order chi connectivity index (χ0) is 28.5. The quantitative estimate of drug-likeness (QED) is 0.158. The summed E-state index contributed by atoms with van der Waals surface area (Å²) in [5, 5.41) is 4.86. The molecule has 8 aromatic rings. The van der Waals surface area contributed by atoms with E-state index in [0.717, 1.165) is 45.7 Å². The lowest BCUT2D eigenvalue weighted by molar-refractivity contribution is 0.570. The van der Waals surface area contributed by atoms with E-state index < -0.39 is 0 Å². The molecule has 0 fully saturated rings. The highest BCUT2D eigenvalue weighted by Gasteiger charge is 2.25. The summed E-state index contributed by atoms with van der Waals surface area (Å²) in [5.74, 6) is 0.296. The number of fused-ring (bicyclic) bond motifs is 9. The summed E-state index contributed by atoms with van der Waals surface area (Å²) in [7, 11) is 0. The van der Waals surface area contributed by atoms with Gasteiger partial charge in [0, 0.05) is 39.2 Å². The van der Waals surface area contributed by atoms with Crippen molar-refractivity contribution < 1.29 is 4.42 Å². The second kappa shape index (κ2) is 9.30. The zero-order valence-corrected chi connectivity index (χ0v) is 23.5. The highest BCUT2D eigenvalue weighted by atomic mass is 16.4. The van der Waals surface area contributed by atoms with E-state index in [9.17, 15) is 4.79 Å². The van der Waals surface area contributed by atoms with Crippen LogP contribution in [0.15, 0.2) is 143 Å². The van der Waals surface area contributed by atoms with E-state index in [1.807, 2.05) is 12.1 Å². The van der Waals surface area contributed by atoms with Crippen molar-refractivity contribution in [2.24, 2.45) is 0 Å². The fraction of sp³-hybridized carbons (Fsp3) is 0.0750. The molecule has 0 amide bonds. The molecule has 0 bridgehead atoms. The van der Waals surface area contributed by atoms with Crippen LogP contribution in [0.25, 0.3) is 60.4 Å². The van der Waals surface area contributed by atoms with Gasteiger partial charge in [-0.1, -0.05) is 91.0 Å². The normalized spacial score (nSPS) is 14.7. The average Bonchev–Trinajstić information content (AvgIpc) is 3.28.